The molecule has 0 bridgehead atoms. The van der Waals surface area contributed by atoms with Crippen molar-refractivity contribution in [2.45, 2.75) is 0 Å². The maximum Gasteiger partial charge on any atom is 0.145 e. The lowest BCUT2D eigenvalue weighted by molar-refractivity contribution is 0.415. The van der Waals surface area contributed by atoms with Gasteiger partial charge in [0.05, 0.1) is 18.1 Å². The van der Waals surface area contributed by atoms with Gasteiger partial charge in [-0.2, -0.15) is 0 Å². The number of aromatic nitrogens is 2. The first-order chi connectivity index (χ1) is 14.3. The van der Waals surface area contributed by atoms with E-state index in [9.17, 15) is 0 Å². The smallest absolute Gasteiger partial charge is 0.145 e. The molecule has 0 aliphatic heterocycles. The molecule has 29 heavy (non-hydrogen) atoms. The minimum Gasteiger partial charge on any atom is -0.497 e. The third-order valence-electron chi connectivity index (χ3n) is 5.13. The number of hydrogen-bond acceptors (Lipinski definition) is 2. The van der Waals surface area contributed by atoms with Crippen molar-refractivity contribution in [1.29, 1.82) is 0 Å². The molecular weight excluding hydrogens is 356 g/mol. The van der Waals surface area contributed by atoms with Crippen molar-refractivity contribution in [3.8, 4) is 34.0 Å². The van der Waals surface area contributed by atoms with E-state index in [0.717, 1.165) is 33.9 Å². The average Bonchev–Trinajstić information content (AvgIpc) is 3.19. The summed E-state index contributed by atoms with van der Waals surface area (Å²) in [6.45, 7) is 0. The Labute approximate surface area is 169 Å². The Morgan fingerprint density at radius 1 is 0.655 bits per heavy atom. The molecule has 0 radical (unpaired) electrons. The molecule has 0 spiro atoms. The summed E-state index contributed by atoms with van der Waals surface area (Å²) in [6, 6.07) is 35.3. The molecule has 5 rings (SSSR count). The molecule has 140 valence electrons. The van der Waals surface area contributed by atoms with Crippen LogP contribution in [0.25, 0.3) is 39.2 Å². The van der Waals surface area contributed by atoms with Crippen molar-refractivity contribution in [3.63, 3.8) is 0 Å². The van der Waals surface area contributed by atoms with Crippen LogP contribution in [0, 0.1) is 0 Å². The van der Waals surface area contributed by atoms with Crippen LogP contribution in [0.4, 0.5) is 0 Å². The maximum atomic E-state index is 5.46. The summed E-state index contributed by atoms with van der Waals surface area (Å²) in [5, 5.41) is 0. The zero-order chi connectivity index (χ0) is 19.6. The van der Waals surface area contributed by atoms with Gasteiger partial charge in [-0.3, -0.25) is 4.57 Å². The van der Waals surface area contributed by atoms with Crippen molar-refractivity contribution < 1.29 is 4.74 Å². The summed E-state index contributed by atoms with van der Waals surface area (Å²) < 4.78 is 7.66. The Morgan fingerprint density at radius 3 is 1.93 bits per heavy atom. The van der Waals surface area contributed by atoms with Gasteiger partial charge in [0, 0.05) is 17.3 Å². The maximum absolute atomic E-state index is 5.46. The van der Waals surface area contributed by atoms with E-state index in [1.165, 1.54) is 11.1 Å². The van der Waals surface area contributed by atoms with Crippen LogP contribution in [0.2, 0.25) is 0 Å². The molecule has 0 amide bonds. The number of methoxy groups -OCH3 is 1. The van der Waals surface area contributed by atoms with Gasteiger partial charge in [-0.15, -0.1) is 0 Å². The zero-order valence-corrected chi connectivity index (χ0v) is 16.1. The highest BCUT2D eigenvalue weighted by molar-refractivity contribution is 5.84. The van der Waals surface area contributed by atoms with Gasteiger partial charge in [0.25, 0.3) is 0 Å². The van der Waals surface area contributed by atoms with Crippen molar-refractivity contribution in [3.05, 3.63) is 103 Å². The van der Waals surface area contributed by atoms with Gasteiger partial charge in [-0.25, -0.2) is 4.98 Å². The molecule has 5 aromatic rings. The average molecular weight is 376 g/mol. The molecule has 0 unspecified atom stereocenters. The molecule has 0 aliphatic rings. The van der Waals surface area contributed by atoms with Gasteiger partial charge < -0.3 is 4.74 Å². The minimum absolute atomic E-state index is 0.819. The lowest BCUT2D eigenvalue weighted by atomic mass is 10.1. The molecule has 3 heteroatoms. The number of fused-ring (bicyclic) bond motifs is 1. The molecule has 0 N–H and O–H groups in total. The van der Waals surface area contributed by atoms with Gasteiger partial charge in [-0.05, 0) is 35.4 Å². The molecule has 0 saturated carbocycles. The summed E-state index contributed by atoms with van der Waals surface area (Å²) in [4.78, 5) is 4.92. The lowest BCUT2D eigenvalue weighted by Gasteiger charge is -2.11. The normalized spacial score (nSPS) is 10.9. The third-order valence-corrected chi connectivity index (χ3v) is 5.13. The largest absolute Gasteiger partial charge is 0.497 e. The lowest BCUT2D eigenvalue weighted by Crippen LogP contribution is -1.97. The highest BCUT2D eigenvalue weighted by Crippen LogP contribution is 2.31. The molecule has 0 aliphatic carbocycles. The second-order valence-electron chi connectivity index (χ2n) is 6.90. The predicted octanol–water partition coefficient (Wildman–Crippen LogP) is 6.37. The van der Waals surface area contributed by atoms with E-state index in [1.54, 1.807) is 7.11 Å². The fraction of sp³-hybridized carbons (Fsp3) is 0.0385. The van der Waals surface area contributed by atoms with E-state index in [1.807, 2.05) is 42.5 Å². The first-order valence-electron chi connectivity index (χ1n) is 9.61. The predicted molar refractivity (Wildman–Crippen MR) is 118 cm³/mol. The molecule has 1 aromatic heterocycles. The minimum atomic E-state index is 0.819. The topological polar surface area (TPSA) is 27.1 Å². The molecule has 1 heterocycles. The summed E-state index contributed by atoms with van der Waals surface area (Å²) in [5.41, 5.74) is 6.51. The SMILES string of the molecule is COc1ccc2nc(-c3ccccc3)n(-c3ccc(-c4ccccc4)cc3)c2c1. The van der Waals surface area contributed by atoms with E-state index in [0.29, 0.717) is 0 Å². The van der Waals surface area contributed by atoms with E-state index in [-0.39, 0.29) is 0 Å². The van der Waals surface area contributed by atoms with Crippen molar-refractivity contribution in [1.82, 2.24) is 9.55 Å². The van der Waals surface area contributed by atoms with Crippen molar-refractivity contribution in [2.24, 2.45) is 0 Å². The first-order valence-corrected chi connectivity index (χ1v) is 9.61. The van der Waals surface area contributed by atoms with E-state index < -0.39 is 0 Å². The molecule has 0 fully saturated rings. The Bertz CT molecular complexity index is 1260. The number of hydrogen-bond donors (Lipinski definition) is 0. The number of nitrogens with zero attached hydrogens (tertiary/aromatic N) is 2. The van der Waals surface area contributed by atoms with Crippen LogP contribution in [0.15, 0.2) is 103 Å². The Hall–Kier alpha value is -3.85. The van der Waals surface area contributed by atoms with Crippen LogP contribution in [0.5, 0.6) is 5.75 Å². The Kier molecular flexibility index (Phi) is 4.34. The van der Waals surface area contributed by atoms with Gasteiger partial charge in [0.15, 0.2) is 0 Å². The fourth-order valence-corrected chi connectivity index (χ4v) is 3.66. The van der Waals surface area contributed by atoms with E-state index >= 15 is 0 Å². The number of ether oxygens (including phenoxy) is 1. The highest BCUT2D eigenvalue weighted by Gasteiger charge is 2.15. The fourth-order valence-electron chi connectivity index (χ4n) is 3.66. The molecule has 0 atom stereocenters. The second kappa shape index (κ2) is 7.28. The number of rotatable bonds is 4. The monoisotopic (exact) mass is 376 g/mol. The summed E-state index contributed by atoms with van der Waals surface area (Å²) in [6.07, 6.45) is 0. The van der Waals surface area contributed by atoms with Crippen LogP contribution in [-0.2, 0) is 0 Å². The van der Waals surface area contributed by atoms with Crippen LogP contribution in [-0.4, -0.2) is 16.7 Å². The standard InChI is InChI=1S/C26H20N2O/c1-29-23-16-17-24-25(18-23)28(26(27-24)21-10-6-3-7-11-21)22-14-12-20(13-15-22)19-8-4-2-5-9-19/h2-18H,1H3. The molecule has 3 nitrogen and oxygen atoms in total. The van der Waals surface area contributed by atoms with Crippen LogP contribution >= 0.6 is 0 Å². The second-order valence-corrected chi connectivity index (χ2v) is 6.90. The van der Waals surface area contributed by atoms with Crippen molar-refractivity contribution in [2.75, 3.05) is 7.11 Å². The highest BCUT2D eigenvalue weighted by atomic mass is 16.5. The first kappa shape index (κ1) is 17.3. The molecule has 0 saturated heterocycles. The summed E-state index contributed by atoms with van der Waals surface area (Å²) in [7, 11) is 1.69. The quantitative estimate of drug-likeness (QED) is 0.364. The van der Waals surface area contributed by atoms with Gasteiger partial charge in [-0.1, -0.05) is 72.8 Å². The third kappa shape index (κ3) is 3.17. The van der Waals surface area contributed by atoms with E-state index in [2.05, 4.69) is 65.2 Å². The van der Waals surface area contributed by atoms with Gasteiger partial charge in [0.2, 0.25) is 0 Å². The zero-order valence-electron chi connectivity index (χ0n) is 16.1. The number of benzene rings is 4. The van der Waals surface area contributed by atoms with E-state index in [4.69, 9.17) is 9.72 Å². The Morgan fingerprint density at radius 2 is 1.28 bits per heavy atom. The summed E-state index contributed by atoms with van der Waals surface area (Å²) >= 11 is 0. The van der Waals surface area contributed by atoms with Crippen LogP contribution in [0.3, 0.4) is 0 Å². The summed E-state index contributed by atoms with van der Waals surface area (Å²) in [5.74, 6) is 1.74. The molecule has 4 aromatic carbocycles. The molecular formula is C26H20N2O. The Balaban J connectivity index is 1.70. The van der Waals surface area contributed by atoms with Crippen LogP contribution in [0.1, 0.15) is 0 Å². The van der Waals surface area contributed by atoms with Gasteiger partial charge >= 0.3 is 0 Å². The van der Waals surface area contributed by atoms with Crippen LogP contribution < -0.4 is 4.74 Å². The number of imidazole rings is 1. The van der Waals surface area contributed by atoms with Crippen molar-refractivity contribution >= 4 is 11.0 Å². The van der Waals surface area contributed by atoms with Gasteiger partial charge in [0.1, 0.15) is 11.6 Å².